The van der Waals surface area contributed by atoms with Crippen LogP contribution >= 0.6 is 0 Å². The lowest BCUT2D eigenvalue weighted by Gasteiger charge is -2.43. The molecule has 1 aromatic rings. The van der Waals surface area contributed by atoms with E-state index < -0.39 is 24.0 Å². The maximum Gasteiger partial charge on any atom is 0.408 e. The molecule has 3 fully saturated rings. The molecule has 150 valence electrons. The van der Waals surface area contributed by atoms with E-state index in [0.717, 1.165) is 29.7 Å². The molecule has 1 saturated carbocycles. The molecule has 8 heteroatoms. The third kappa shape index (κ3) is 3.32. The average Bonchev–Trinajstić information content (AvgIpc) is 3.27. The van der Waals surface area contributed by atoms with Crippen LogP contribution in [0.2, 0.25) is 0 Å². The molecule has 2 heterocycles. The van der Waals surface area contributed by atoms with E-state index in [-0.39, 0.29) is 23.8 Å². The fourth-order valence-electron chi connectivity index (χ4n) is 4.81. The van der Waals surface area contributed by atoms with E-state index in [2.05, 4.69) is 0 Å². The Morgan fingerprint density at radius 1 is 1.14 bits per heavy atom. The topological polar surface area (TPSA) is 110 Å². The molecule has 3 aliphatic rings. The van der Waals surface area contributed by atoms with E-state index in [9.17, 15) is 19.5 Å². The van der Waals surface area contributed by atoms with Crippen molar-refractivity contribution >= 4 is 17.9 Å². The normalized spacial score (nSPS) is 28.2. The van der Waals surface area contributed by atoms with E-state index >= 15 is 0 Å². The molecule has 1 spiro atoms. The van der Waals surface area contributed by atoms with Crippen LogP contribution in [0.3, 0.4) is 0 Å². The minimum atomic E-state index is -1.20. The number of carboxylic acid groups (broad SMARTS) is 1. The molecule has 3 N–H and O–H groups in total. The van der Waals surface area contributed by atoms with Gasteiger partial charge in [0.05, 0.1) is 5.92 Å². The molecule has 2 saturated heterocycles. The van der Waals surface area contributed by atoms with Crippen molar-refractivity contribution in [2.45, 2.75) is 37.6 Å². The van der Waals surface area contributed by atoms with Crippen LogP contribution in [0.1, 0.15) is 37.2 Å². The molecule has 1 aliphatic carbocycles. The quantitative estimate of drug-likeness (QED) is 0.540. The number of piperidine rings is 1. The van der Waals surface area contributed by atoms with Crippen molar-refractivity contribution in [3.05, 3.63) is 35.9 Å². The number of carbonyl (C=O) groups excluding carboxylic acids is 2. The number of nitrogens with zero attached hydrogens (tertiary/aromatic N) is 2. The van der Waals surface area contributed by atoms with Gasteiger partial charge in [-0.25, -0.2) is 10.3 Å². The molecular weight excluding hydrogens is 362 g/mol. The van der Waals surface area contributed by atoms with E-state index in [1.165, 1.54) is 0 Å². The van der Waals surface area contributed by atoms with Crippen molar-refractivity contribution in [2.24, 2.45) is 11.3 Å². The molecule has 0 bridgehead atoms. The molecule has 3 amide bonds. The fourth-order valence-corrected chi connectivity index (χ4v) is 4.81. The van der Waals surface area contributed by atoms with Crippen molar-refractivity contribution in [3.8, 4) is 0 Å². The fraction of sp³-hybridized carbons (Fsp3) is 0.550. The Morgan fingerprint density at radius 2 is 1.86 bits per heavy atom. The van der Waals surface area contributed by atoms with Gasteiger partial charge >= 0.3 is 6.09 Å². The summed E-state index contributed by atoms with van der Waals surface area (Å²) in [6.07, 6.45) is 1.71. The number of nitrogens with one attached hydrogen (secondary N) is 1. The largest absolute Gasteiger partial charge is 0.465 e. The summed E-state index contributed by atoms with van der Waals surface area (Å²) in [5.74, 6) is -1.70. The zero-order chi connectivity index (χ0) is 19.9. The number of hydroxylamine groups is 1. The van der Waals surface area contributed by atoms with Crippen LogP contribution < -0.4 is 5.48 Å². The molecule has 2 aliphatic heterocycles. The summed E-state index contributed by atoms with van der Waals surface area (Å²) in [7, 11) is 0. The van der Waals surface area contributed by atoms with Gasteiger partial charge in [-0.1, -0.05) is 30.3 Å². The Balaban J connectivity index is 1.56. The Kier molecular flexibility index (Phi) is 4.74. The first kappa shape index (κ1) is 18.7. The van der Waals surface area contributed by atoms with Gasteiger partial charge in [0, 0.05) is 25.6 Å². The summed E-state index contributed by atoms with van der Waals surface area (Å²) < 4.78 is 0. The van der Waals surface area contributed by atoms with E-state index in [1.54, 1.807) is 10.4 Å². The number of rotatable bonds is 3. The van der Waals surface area contributed by atoms with Gasteiger partial charge in [-0.05, 0) is 36.7 Å². The maximum atomic E-state index is 13.3. The lowest BCUT2D eigenvalue weighted by Crippen LogP contribution is -2.61. The van der Waals surface area contributed by atoms with Crippen molar-refractivity contribution < 1.29 is 24.7 Å². The van der Waals surface area contributed by atoms with Crippen LogP contribution in [0.5, 0.6) is 0 Å². The summed E-state index contributed by atoms with van der Waals surface area (Å²) in [5.41, 5.74) is 2.56. The van der Waals surface area contributed by atoms with E-state index in [0.29, 0.717) is 19.5 Å². The highest BCUT2D eigenvalue weighted by molar-refractivity contribution is 5.92. The molecule has 0 radical (unpaired) electrons. The first-order valence-electron chi connectivity index (χ1n) is 9.71. The van der Waals surface area contributed by atoms with Crippen molar-refractivity contribution in [2.75, 3.05) is 19.6 Å². The third-order valence-corrected chi connectivity index (χ3v) is 6.55. The van der Waals surface area contributed by atoms with E-state index in [4.69, 9.17) is 5.21 Å². The minimum absolute atomic E-state index is 0.201. The lowest BCUT2D eigenvalue weighted by molar-refractivity contribution is -0.149. The van der Waals surface area contributed by atoms with Crippen LogP contribution in [0.25, 0.3) is 0 Å². The molecule has 1 aromatic carbocycles. The summed E-state index contributed by atoms with van der Waals surface area (Å²) in [5, 5.41) is 18.9. The number of hydrogen-bond acceptors (Lipinski definition) is 4. The van der Waals surface area contributed by atoms with Crippen LogP contribution in [-0.2, 0) is 9.59 Å². The average molecular weight is 387 g/mol. The monoisotopic (exact) mass is 387 g/mol. The standard InChI is InChI=1S/C20H25N3O5/c24-17(21-28)15-10-20(7-8-20)12-23(19(26)27)16(15)18(25)22-9-6-14(11-22)13-4-2-1-3-5-13/h1-5,14-16,28H,6-12H2,(H,21,24)(H,26,27)/t14-,15?,16?/m0/s1. The summed E-state index contributed by atoms with van der Waals surface area (Å²) in [6.45, 7) is 1.30. The Morgan fingerprint density at radius 3 is 2.46 bits per heavy atom. The van der Waals surface area contributed by atoms with Gasteiger partial charge in [-0.3, -0.25) is 19.7 Å². The van der Waals surface area contributed by atoms with Crippen molar-refractivity contribution in [1.29, 1.82) is 0 Å². The van der Waals surface area contributed by atoms with Crippen molar-refractivity contribution in [3.63, 3.8) is 0 Å². The smallest absolute Gasteiger partial charge is 0.408 e. The van der Waals surface area contributed by atoms with Crippen LogP contribution in [0.15, 0.2) is 30.3 Å². The molecule has 3 atom stereocenters. The van der Waals surface area contributed by atoms with Gasteiger partial charge in [0.15, 0.2) is 0 Å². The van der Waals surface area contributed by atoms with Gasteiger partial charge in [0.1, 0.15) is 6.04 Å². The number of hydrogen-bond donors (Lipinski definition) is 3. The summed E-state index contributed by atoms with van der Waals surface area (Å²) in [4.78, 5) is 40.3. The molecule has 0 aromatic heterocycles. The highest BCUT2D eigenvalue weighted by Gasteiger charge is 2.57. The van der Waals surface area contributed by atoms with Gasteiger partial charge in [-0.2, -0.15) is 0 Å². The second kappa shape index (κ2) is 7.09. The first-order chi connectivity index (χ1) is 13.4. The second-order valence-electron chi connectivity index (χ2n) is 8.32. The van der Waals surface area contributed by atoms with Gasteiger partial charge in [0.2, 0.25) is 11.8 Å². The molecule has 28 heavy (non-hydrogen) atoms. The Labute approximate surface area is 163 Å². The molecule has 8 nitrogen and oxygen atoms in total. The lowest BCUT2D eigenvalue weighted by atomic mass is 9.80. The second-order valence-corrected chi connectivity index (χ2v) is 8.32. The zero-order valence-corrected chi connectivity index (χ0v) is 15.6. The number of amides is 3. The minimum Gasteiger partial charge on any atom is -0.465 e. The predicted molar refractivity (Wildman–Crippen MR) is 98.6 cm³/mol. The SMILES string of the molecule is O=C(NO)C1CC2(CC2)CN(C(=O)O)C1C(=O)N1CC[C@H](c2ccccc2)C1. The van der Waals surface area contributed by atoms with Gasteiger partial charge in [-0.15, -0.1) is 0 Å². The van der Waals surface area contributed by atoms with Crippen LogP contribution in [0.4, 0.5) is 4.79 Å². The molecule has 4 rings (SSSR count). The van der Waals surface area contributed by atoms with Crippen molar-refractivity contribution in [1.82, 2.24) is 15.3 Å². The first-order valence-corrected chi connectivity index (χ1v) is 9.71. The zero-order valence-electron chi connectivity index (χ0n) is 15.6. The van der Waals surface area contributed by atoms with Crippen LogP contribution in [-0.4, -0.2) is 63.7 Å². The Bertz CT molecular complexity index is 779. The Hall–Kier alpha value is -2.61. The summed E-state index contributed by atoms with van der Waals surface area (Å²) >= 11 is 0. The summed E-state index contributed by atoms with van der Waals surface area (Å²) in [6, 6.07) is 8.84. The third-order valence-electron chi connectivity index (χ3n) is 6.55. The highest BCUT2D eigenvalue weighted by Crippen LogP contribution is 2.55. The van der Waals surface area contributed by atoms with Crippen LogP contribution in [0, 0.1) is 11.3 Å². The predicted octanol–water partition coefficient (Wildman–Crippen LogP) is 1.66. The molecule has 2 unspecified atom stereocenters. The number of carbonyl (C=O) groups is 3. The maximum absolute atomic E-state index is 13.3. The molecular formula is C20H25N3O5. The van der Waals surface area contributed by atoms with Gasteiger partial charge in [0.25, 0.3) is 0 Å². The number of likely N-dealkylation sites (tertiary alicyclic amines) is 2. The van der Waals surface area contributed by atoms with E-state index in [1.807, 2.05) is 30.3 Å². The number of benzene rings is 1. The van der Waals surface area contributed by atoms with Gasteiger partial charge < -0.3 is 10.0 Å². The highest BCUT2D eigenvalue weighted by atomic mass is 16.5.